The largest absolute Gasteiger partial charge is 0.486 e. The van der Waals surface area contributed by atoms with Gasteiger partial charge in [0, 0.05) is 29.0 Å². The Morgan fingerprint density at radius 2 is 1.78 bits per heavy atom. The van der Waals surface area contributed by atoms with Crippen LogP contribution in [0, 0.1) is 6.92 Å². The normalized spacial score (nSPS) is 11.7. The van der Waals surface area contributed by atoms with Gasteiger partial charge in [0.2, 0.25) is 0 Å². The fourth-order valence-corrected chi connectivity index (χ4v) is 2.94. The minimum Gasteiger partial charge on any atom is -0.486 e. The van der Waals surface area contributed by atoms with Crippen molar-refractivity contribution in [3.8, 4) is 5.75 Å². The molecule has 1 atom stereocenters. The van der Waals surface area contributed by atoms with Crippen molar-refractivity contribution in [1.82, 2.24) is 15.2 Å². The van der Waals surface area contributed by atoms with Gasteiger partial charge in [0.25, 0.3) is 0 Å². The van der Waals surface area contributed by atoms with Gasteiger partial charge in [0.05, 0.1) is 15.6 Å². The Morgan fingerprint density at radius 1 is 1.13 bits per heavy atom. The number of aromatic nitrogens is 3. The number of fused-ring (bicyclic) bond motifs is 1. The van der Waals surface area contributed by atoms with E-state index in [9.17, 15) is 0 Å². The Balaban J connectivity index is 0.000000924. The Bertz CT molecular complexity index is 781. The molecule has 0 aliphatic heterocycles. The predicted molar refractivity (Wildman–Crippen MR) is 95.5 cm³/mol. The number of H-pyrrole nitrogens is 1. The van der Waals surface area contributed by atoms with Crippen LogP contribution in [0.4, 0.5) is 0 Å². The molecular formula is C17H19Cl2N3O. The van der Waals surface area contributed by atoms with Gasteiger partial charge < -0.3 is 4.74 Å². The van der Waals surface area contributed by atoms with Gasteiger partial charge in [-0.1, -0.05) is 37.0 Å². The first-order valence-corrected chi connectivity index (χ1v) is 8.22. The van der Waals surface area contributed by atoms with E-state index in [2.05, 4.69) is 15.2 Å². The third kappa shape index (κ3) is 3.77. The molecule has 0 radical (unpaired) electrons. The average molecular weight is 352 g/mol. The van der Waals surface area contributed by atoms with Crippen molar-refractivity contribution in [1.29, 1.82) is 0 Å². The molecule has 6 heteroatoms. The number of nitrogens with zero attached hydrogens (tertiary/aromatic N) is 2. The van der Waals surface area contributed by atoms with Crippen LogP contribution in [0.5, 0.6) is 5.75 Å². The molecule has 1 unspecified atom stereocenters. The summed E-state index contributed by atoms with van der Waals surface area (Å²) in [6.07, 6.45) is 2.84. The second-order valence-electron chi connectivity index (χ2n) is 4.80. The third-order valence-corrected chi connectivity index (χ3v) is 3.93. The van der Waals surface area contributed by atoms with Gasteiger partial charge in [-0.25, -0.2) is 0 Å². The molecule has 3 aromatic rings. The molecule has 0 saturated carbocycles. The number of hydrogen-bond acceptors (Lipinski definition) is 3. The lowest BCUT2D eigenvalue weighted by atomic mass is 10.1. The summed E-state index contributed by atoms with van der Waals surface area (Å²) in [6, 6.07) is 5.74. The van der Waals surface area contributed by atoms with Crippen LogP contribution in [0.15, 0.2) is 30.6 Å². The quantitative estimate of drug-likeness (QED) is 0.654. The van der Waals surface area contributed by atoms with Crippen molar-refractivity contribution >= 4 is 34.1 Å². The van der Waals surface area contributed by atoms with E-state index >= 15 is 0 Å². The molecule has 2 aromatic heterocycles. The SMILES string of the molecule is CC.Cc1[nH]nc2ccc(OC(C)c3c(Cl)cncc3Cl)cc12. The summed E-state index contributed by atoms with van der Waals surface area (Å²) >= 11 is 12.3. The number of hydrogen-bond donors (Lipinski definition) is 1. The Kier molecular flexibility index (Phi) is 5.85. The van der Waals surface area contributed by atoms with Crippen LogP contribution in [0.2, 0.25) is 10.0 Å². The maximum Gasteiger partial charge on any atom is 0.124 e. The first kappa shape index (κ1) is 17.6. The highest BCUT2D eigenvalue weighted by Crippen LogP contribution is 2.33. The van der Waals surface area contributed by atoms with E-state index in [0.29, 0.717) is 10.0 Å². The van der Waals surface area contributed by atoms with Gasteiger partial charge in [-0.3, -0.25) is 10.1 Å². The van der Waals surface area contributed by atoms with Crippen LogP contribution in [0.3, 0.4) is 0 Å². The summed E-state index contributed by atoms with van der Waals surface area (Å²) in [4.78, 5) is 3.95. The second kappa shape index (κ2) is 7.66. The first-order valence-electron chi connectivity index (χ1n) is 7.46. The first-order chi connectivity index (χ1) is 11.1. The highest BCUT2D eigenvalue weighted by atomic mass is 35.5. The van der Waals surface area contributed by atoms with Crippen molar-refractivity contribution in [2.24, 2.45) is 0 Å². The van der Waals surface area contributed by atoms with Crippen molar-refractivity contribution in [2.45, 2.75) is 33.8 Å². The second-order valence-corrected chi connectivity index (χ2v) is 5.62. The number of benzene rings is 1. The molecule has 0 aliphatic carbocycles. The summed E-state index contributed by atoms with van der Waals surface area (Å²) in [7, 11) is 0. The minimum absolute atomic E-state index is 0.280. The zero-order valence-corrected chi connectivity index (χ0v) is 15.0. The number of ether oxygens (including phenoxy) is 1. The molecule has 1 N–H and O–H groups in total. The van der Waals surface area contributed by atoms with Crippen molar-refractivity contribution in [3.05, 3.63) is 51.9 Å². The highest BCUT2D eigenvalue weighted by molar-refractivity contribution is 6.35. The summed E-state index contributed by atoms with van der Waals surface area (Å²) in [6.45, 7) is 7.87. The number of halogens is 2. The van der Waals surface area contributed by atoms with Crippen LogP contribution in [-0.4, -0.2) is 15.2 Å². The maximum atomic E-state index is 6.15. The van der Waals surface area contributed by atoms with Crippen LogP contribution in [0.1, 0.15) is 38.1 Å². The summed E-state index contributed by atoms with van der Waals surface area (Å²) in [5, 5.41) is 9.17. The van der Waals surface area contributed by atoms with Crippen LogP contribution in [0.25, 0.3) is 10.9 Å². The predicted octanol–water partition coefficient (Wildman–Crippen LogP) is 5.74. The average Bonchev–Trinajstić information content (AvgIpc) is 2.90. The molecule has 3 rings (SSSR count). The van der Waals surface area contributed by atoms with Gasteiger partial charge >= 0.3 is 0 Å². The van der Waals surface area contributed by atoms with Gasteiger partial charge in [0.15, 0.2) is 0 Å². The van der Waals surface area contributed by atoms with E-state index in [0.717, 1.165) is 27.9 Å². The van der Waals surface area contributed by atoms with Gasteiger partial charge in [-0.2, -0.15) is 5.10 Å². The zero-order valence-electron chi connectivity index (χ0n) is 13.5. The Morgan fingerprint density at radius 3 is 2.43 bits per heavy atom. The number of nitrogens with one attached hydrogen (secondary N) is 1. The maximum absolute atomic E-state index is 6.15. The number of pyridine rings is 1. The van der Waals surface area contributed by atoms with E-state index in [4.69, 9.17) is 27.9 Å². The fraction of sp³-hybridized carbons (Fsp3) is 0.294. The molecule has 0 saturated heterocycles. The van der Waals surface area contributed by atoms with Gasteiger partial charge in [-0.15, -0.1) is 0 Å². The van der Waals surface area contributed by atoms with Crippen molar-refractivity contribution < 1.29 is 4.74 Å². The molecule has 122 valence electrons. The van der Waals surface area contributed by atoms with Gasteiger partial charge in [-0.05, 0) is 32.0 Å². The topological polar surface area (TPSA) is 50.8 Å². The zero-order chi connectivity index (χ0) is 17.0. The minimum atomic E-state index is -0.280. The molecule has 1 aromatic carbocycles. The van der Waals surface area contributed by atoms with E-state index in [1.807, 2.05) is 45.9 Å². The molecule has 0 bridgehead atoms. The van der Waals surface area contributed by atoms with Crippen molar-refractivity contribution in [3.63, 3.8) is 0 Å². The molecule has 0 amide bonds. The Hall–Kier alpha value is -1.78. The van der Waals surface area contributed by atoms with E-state index in [1.54, 1.807) is 12.4 Å². The molecule has 0 fully saturated rings. The van der Waals surface area contributed by atoms with Crippen molar-refractivity contribution in [2.75, 3.05) is 0 Å². The molecule has 4 nitrogen and oxygen atoms in total. The van der Waals surface area contributed by atoms with Crippen LogP contribution >= 0.6 is 23.2 Å². The molecule has 0 spiro atoms. The Labute approximate surface area is 145 Å². The third-order valence-electron chi connectivity index (χ3n) is 3.33. The van der Waals surface area contributed by atoms with Crippen LogP contribution < -0.4 is 4.74 Å². The number of rotatable bonds is 3. The molecular weight excluding hydrogens is 333 g/mol. The molecule has 2 heterocycles. The van der Waals surface area contributed by atoms with E-state index < -0.39 is 0 Å². The monoisotopic (exact) mass is 351 g/mol. The van der Waals surface area contributed by atoms with E-state index in [-0.39, 0.29) is 6.10 Å². The van der Waals surface area contributed by atoms with Crippen LogP contribution in [-0.2, 0) is 0 Å². The highest BCUT2D eigenvalue weighted by Gasteiger charge is 2.16. The lowest BCUT2D eigenvalue weighted by Crippen LogP contribution is -2.05. The lowest BCUT2D eigenvalue weighted by molar-refractivity contribution is 0.227. The number of aromatic amines is 1. The summed E-state index contributed by atoms with van der Waals surface area (Å²) < 4.78 is 5.96. The molecule has 23 heavy (non-hydrogen) atoms. The van der Waals surface area contributed by atoms with Gasteiger partial charge in [0.1, 0.15) is 11.9 Å². The standard InChI is InChI=1S/C15H13Cl2N3O.C2H6/c1-8-11-5-10(3-4-14(11)20-19-8)21-9(2)15-12(16)6-18-7-13(15)17;1-2/h3-7,9H,1-2H3,(H,19,20);1-2H3. The fourth-order valence-electron chi connectivity index (χ4n) is 2.26. The molecule has 0 aliphatic rings. The summed E-state index contributed by atoms with van der Waals surface area (Å²) in [5.41, 5.74) is 2.65. The summed E-state index contributed by atoms with van der Waals surface area (Å²) in [5.74, 6) is 0.739. The number of aryl methyl sites for hydroxylation is 1. The smallest absolute Gasteiger partial charge is 0.124 e. The van der Waals surface area contributed by atoms with E-state index in [1.165, 1.54) is 0 Å². The lowest BCUT2D eigenvalue weighted by Gasteiger charge is -2.17.